The molecule has 39 heavy (non-hydrogen) atoms. The number of hydrogen-bond donors (Lipinski definition) is 4. The maximum absolute atomic E-state index is 12.5. The molecule has 214 valence electrons. The highest BCUT2D eigenvalue weighted by molar-refractivity contribution is 5.90. The van der Waals surface area contributed by atoms with Crippen molar-refractivity contribution in [3.05, 3.63) is 35.6 Å². The molecule has 0 aromatic heterocycles. The fraction of sp³-hybridized carbons (Fsp3) is 0.560. The molecule has 4 rings (SSSR count). The molecular weight excluding hydrogens is 524 g/mol. The summed E-state index contributed by atoms with van der Waals surface area (Å²) in [7, 11) is 2.50. The number of carbonyl (C=O) groups excluding carboxylic acids is 3. The lowest BCUT2D eigenvalue weighted by molar-refractivity contribution is -0.346. The van der Waals surface area contributed by atoms with E-state index in [0.29, 0.717) is 0 Å². The number of phenolic OH excluding ortho intramolecular Hbond substituents is 1. The predicted molar refractivity (Wildman–Crippen MR) is 125 cm³/mol. The number of phenols is 1. The first-order chi connectivity index (χ1) is 18.5. The number of ether oxygens (including phenoxy) is 7. The Labute approximate surface area is 222 Å². The fourth-order valence-electron chi connectivity index (χ4n) is 4.81. The molecule has 14 heteroatoms. The van der Waals surface area contributed by atoms with E-state index in [1.807, 2.05) is 0 Å². The van der Waals surface area contributed by atoms with Gasteiger partial charge in [-0.25, -0.2) is 9.59 Å². The van der Waals surface area contributed by atoms with Crippen LogP contribution in [0.5, 0.6) is 11.5 Å². The summed E-state index contributed by atoms with van der Waals surface area (Å²) < 4.78 is 37.3. The predicted octanol–water partition coefficient (Wildman–Crippen LogP) is -0.637. The van der Waals surface area contributed by atoms with Gasteiger partial charge in [-0.2, -0.15) is 0 Å². The van der Waals surface area contributed by atoms with E-state index >= 15 is 0 Å². The summed E-state index contributed by atoms with van der Waals surface area (Å²) in [6, 6.07) is 3.80. The molecule has 0 bridgehead atoms. The van der Waals surface area contributed by atoms with Crippen molar-refractivity contribution in [3.8, 4) is 11.5 Å². The Morgan fingerprint density at radius 2 is 1.79 bits per heavy atom. The van der Waals surface area contributed by atoms with Crippen LogP contribution >= 0.6 is 0 Å². The summed E-state index contributed by atoms with van der Waals surface area (Å²) in [5.41, 5.74) is 0.154. The average Bonchev–Trinajstić information content (AvgIpc) is 2.92. The minimum Gasteiger partial charge on any atom is -0.504 e. The molecule has 0 aliphatic carbocycles. The highest BCUT2D eigenvalue weighted by Crippen LogP contribution is 2.41. The van der Waals surface area contributed by atoms with Gasteiger partial charge in [0.2, 0.25) is 6.29 Å². The molecule has 14 nitrogen and oxygen atoms in total. The second kappa shape index (κ2) is 11.8. The molecule has 1 aromatic rings. The SMILES string of the molecule is COC(=O)C1=CO[C@@H](O[C@@H]2O[C@H](COC(=O)c3ccc(O)c(OC)c3)[C@@H](O)[C@H](O)[C@H]2O)[C@H]2[C@@H]1CC(=O)O[C@@H]2C. The highest BCUT2D eigenvalue weighted by atomic mass is 16.8. The van der Waals surface area contributed by atoms with Gasteiger partial charge in [0.25, 0.3) is 0 Å². The summed E-state index contributed by atoms with van der Waals surface area (Å²) in [5, 5.41) is 41.1. The molecule has 0 saturated carbocycles. The Hall–Kier alpha value is -3.43. The number of hydrogen-bond acceptors (Lipinski definition) is 14. The Morgan fingerprint density at radius 1 is 1.05 bits per heavy atom. The van der Waals surface area contributed by atoms with Crippen LogP contribution in [0.15, 0.2) is 30.0 Å². The number of fused-ring (bicyclic) bond motifs is 1. The minimum atomic E-state index is -1.75. The average molecular weight is 555 g/mol. The summed E-state index contributed by atoms with van der Waals surface area (Å²) >= 11 is 0. The molecular formula is C25H30O14. The number of carbonyl (C=O) groups is 3. The van der Waals surface area contributed by atoms with Gasteiger partial charge in [0.05, 0.1) is 44.0 Å². The van der Waals surface area contributed by atoms with Crippen LogP contribution in [0.25, 0.3) is 0 Å². The van der Waals surface area contributed by atoms with E-state index in [1.165, 1.54) is 32.4 Å². The van der Waals surface area contributed by atoms with Crippen molar-refractivity contribution in [2.45, 2.75) is 56.4 Å². The molecule has 0 unspecified atom stereocenters. The van der Waals surface area contributed by atoms with E-state index in [9.17, 15) is 34.8 Å². The standard InChI is InChI=1S/C25H30O14/c1-10-18-12(7-17(27)37-10)13(23(32)34-3)8-36-24(18)39-25-21(30)20(29)19(28)16(38-25)9-35-22(31)11-4-5-14(26)15(6-11)33-2/h4-6,8,10,12,16,18-21,24-26,28-30H,7,9H2,1-3H3/t10-,12-,16-,18-,19-,20+,21-,24+,25+/m1/s1. The fourth-order valence-corrected chi connectivity index (χ4v) is 4.81. The zero-order valence-corrected chi connectivity index (χ0v) is 21.3. The van der Waals surface area contributed by atoms with Crippen molar-refractivity contribution in [1.29, 1.82) is 0 Å². The smallest absolute Gasteiger partial charge is 0.338 e. The number of esters is 3. The number of benzene rings is 1. The van der Waals surface area contributed by atoms with Crippen LogP contribution < -0.4 is 4.74 Å². The van der Waals surface area contributed by atoms with Gasteiger partial charge in [0.15, 0.2) is 17.8 Å². The van der Waals surface area contributed by atoms with Gasteiger partial charge in [-0.05, 0) is 25.1 Å². The first-order valence-electron chi connectivity index (χ1n) is 12.1. The van der Waals surface area contributed by atoms with E-state index in [-0.39, 0.29) is 29.1 Å². The monoisotopic (exact) mass is 554 g/mol. The maximum atomic E-state index is 12.5. The van der Waals surface area contributed by atoms with Crippen LogP contribution in [-0.4, -0.2) is 102 Å². The number of aliphatic hydroxyl groups excluding tert-OH is 3. The molecule has 3 aliphatic rings. The largest absolute Gasteiger partial charge is 0.504 e. The van der Waals surface area contributed by atoms with Gasteiger partial charge in [-0.15, -0.1) is 0 Å². The van der Waals surface area contributed by atoms with E-state index in [0.717, 1.165) is 6.26 Å². The molecule has 3 aliphatic heterocycles. The van der Waals surface area contributed by atoms with Crippen LogP contribution in [0.3, 0.4) is 0 Å². The summed E-state index contributed by atoms with van der Waals surface area (Å²) in [6.07, 6.45) is -9.01. The lowest BCUT2D eigenvalue weighted by Gasteiger charge is -2.45. The van der Waals surface area contributed by atoms with E-state index in [1.54, 1.807) is 6.92 Å². The highest BCUT2D eigenvalue weighted by Gasteiger charge is 2.52. The minimum absolute atomic E-state index is 0.0408. The van der Waals surface area contributed by atoms with Gasteiger partial charge in [0.1, 0.15) is 37.1 Å². The summed E-state index contributed by atoms with van der Waals surface area (Å²) in [4.78, 5) is 36.8. The third-order valence-electron chi connectivity index (χ3n) is 6.91. The van der Waals surface area contributed by atoms with Crippen molar-refractivity contribution in [1.82, 2.24) is 0 Å². The van der Waals surface area contributed by atoms with Crippen molar-refractivity contribution in [3.63, 3.8) is 0 Å². The third-order valence-corrected chi connectivity index (χ3v) is 6.91. The van der Waals surface area contributed by atoms with Gasteiger partial charge in [-0.3, -0.25) is 4.79 Å². The zero-order chi connectivity index (χ0) is 28.4. The van der Waals surface area contributed by atoms with Crippen LogP contribution in [0.2, 0.25) is 0 Å². The van der Waals surface area contributed by atoms with Gasteiger partial charge >= 0.3 is 17.9 Å². The number of aliphatic hydroxyl groups is 3. The van der Waals surface area contributed by atoms with Crippen molar-refractivity contribution in [2.24, 2.45) is 11.8 Å². The third kappa shape index (κ3) is 5.79. The van der Waals surface area contributed by atoms with Crippen molar-refractivity contribution < 1.29 is 68.0 Å². The van der Waals surface area contributed by atoms with Crippen LogP contribution in [0.4, 0.5) is 0 Å². The van der Waals surface area contributed by atoms with Crippen LogP contribution in [0, 0.1) is 11.8 Å². The molecule has 4 N–H and O–H groups in total. The second-order valence-corrected chi connectivity index (χ2v) is 9.29. The first-order valence-corrected chi connectivity index (χ1v) is 12.1. The normalized spacial score (nSPS) is 34.1. The quantitative estimate of drug-likeness (QED) is 0.245. The first kappa shape index (κ1) is 28.6. The molecule has 9 atom stereocenters. The summed E-state index contributed by atoms with van der Waals surface area (Å²) in [5.74, 6) is -3.57. The molecule has 0 spiro atoms. The Balaban J connectivity index is 1.47. The lowest BCUT2D eigenvalue weighted by Crippen LogP contribution is -2.61. The molecule has 2 saturated heterocycles. The zero-order valence-electron chi connectivity index (χ0n) is 21.3. The van der Waals surface area contributed by atoms with Crippen LogP contribution in [-0.2, 0) is 38.0 Å². The molecule has 0 radical (unpaired) electrons. The topological polar surface area (TPSA) is 197 Å². The Morgan fingerprint density at radius 3 is 2.49 bits per heavy atom. The summed E-state index contributed by atoms with van der Waals surface area (Å²) in [6.45, 7) is 1.05. The molecule has 3 heterocycles. The second-order valence-electron chi connectivity index (χ2n) is 9.29. The Kier molecular flexibility index (Phi) is 8.61. The van der Waals surface area contributed by atoms with Crippen LogP contribution in [0.1, 0.15) is 23.7 Å². The van der Waals surface area contributed by atoms with E-state index in [2.05, 4.69) is 0 Å². The van der Waals surface area contributed by atoms with Crippen molar-refractivity contribution in [2.75, 3.05) is 20.8 Å². The maximum Gasteiger partial charge on any atom is 0.338 e. The van der Waals surface area contributed by atoms with Gasteiger partial charge in [0, 0.05) is 5.92 Å². The van der Waals surface area contributed by atoms with Crippen molar-refractivity contribution >= 4 is 17.9 Å². The number of rotatable bonds is 7. The number of methoxy groups -OCH3 is 2. The lowest BCUT2D eigenvalue weighted by atomic mass is 9.77. The van der Waals surface area contributed by atoms with Gasteiger partial charge < -0.3 is 53.6 Å². The Bertz CT molecular complexity index is 1120. The molecule has 0 amide bonds. The van der Waals surface area contributed by atoms with E-state index < -0.39 is 79.5 Å². The molecule has 2 fully saturated rings. The number of aromatic hydroxyl groups is 1. The molecule has 1 aromatic carbocycles. The van der Waals surface area contributed by atoms with Gasteiger partial charge in [-0.1, -0.05) is 0 Å². The van der Waals surface area contributed by atoms with E-state index in [4.69, 9.17) is 33.2 Å². The number of cyclic esters (lactones) is 1.